The molecule has 0 saturated carbocycles. The van der Waals surface area contributed by atoms with E-state index in [0.29, 0.717) is 0 Å². The summed E-state index contributed by atoms with van der Waals surface area (Å²) < 4.78 is 1.74. The molecule has 0 aliphatic rings. The highest BCUT2D eigenvalue weighted by Crippen LogP contribution is 2.13. The molecule has 0 radical (unpaired) electrons. The predicted molar refractivity (Wildman–Crippen MR) is 90.2 cm³/mol. The number of benzene rings is 1. The minimum atomic E-state index is 0.260. The summed E-state index contributed by atoms with van der Waals surface area (Å²) >= 11 is 0. The molecule has 0 atom stereocenters. The quantitative estimate of drug-likeness (QED) is 0.595. The first-order valence-electron chi connectivity index (χ1n) is 7.79. The molecule has 0 spiro atoms. The Labute approximate surface area is 135 Å². The summed E-state index contributed by atoms with van der Waals surface area (Å²) in [6.45, 7) is 2.34. The zero-order chi connectivity index (χ0) is 16.1. The number of aromatic nitrogens is 3. The van der Waals surface area contributed by atoms with Gasteiger partial charge in [0, 0.05) is 18.4 Å². The zero-order valence-electron chi connectivity index (χ0n) is 13.2. The van der Waals surface area contributed by atoms with Crippen molar-refractivity contribution in [2.24, 2.45) is 0 Å². The van der Waals surface area contributed by atoms with Crippen LogP contribution in [-0.4, -0.2) is 26.3 Å². The van der Waals surface area contributed by atoms with Crippen LogP contribution in [0.5, 0.6) is 0 Å². The highest BCUT2D eigenvalue weighted by molar-refractivity contribution is 5.48. The lowest BCUT2D eigenvalue weighted by Crippen LogP contribution is -1.93. The summed E-state index contributed by atoms with van der Waals surface area (Å²) in [6, 6.07) is 10.1. The highest BCUT2D eigenvalue weighted by Gasteiger charge is 2.01. The van der Waals surface area contributed by atoms with Gasteiger partial charge in [-0.2, -0.15) is 5.10 Å². The van der Waals surface area contributed by atoms with Crippen molar-refractivity contribution >= 4 is 5.65 Å². The Bertz CT molecular complexity index is 871. The van der Waals surface area contributed by atoms with Gasteiger partial charge < -0.3 is 5.11 Å². The topological polar surface area (TPSA) is 50.4 Å². The van der Waals surface area contributed by atoms with Crippen LogP contribution in [0.4, 0.5) is 0 Å². The molecule has 1 aromatic carbocycles. The molecule has 3 aromatic rings. The summed E-state index contributed by atoms with van der Waals surface area (Å²) in [4.78, 5) is 4.29. The summed E-state index contributed by atoms with van der Waals surface area (Å²) in [5.74, 6) is 6.36. The second kappa shape index (κ2) is 7.08. The van der Waals surface area contributed by atoms with Gasteiger partial charge in [-0.15, -0.1) is 0 Å². The van der Waals surface area contributed by atoms with E-state index in [1.165, 1.54) is 11.1 Å². The highest BCUT2D eigenvalue weighted by atomic mass is 16.2. The number of aliphatic hydroxyl groups is 1. The van der Waals surface area contributed by atoms with Crippen LogP contribution in [-0.2, 0) is 6.42 Å². The Morgan fingerprint density at radius 3 is 2.91 bits per heavy atom. The normalized spacial score (nSPS) is 10.5. The second-order valence-corrected chi connectivity index (χ2v) is 5.52. The van der Waals surface area contributed by atoms with Gasteiger partial charge in [-0.05, 0) is 61.4 Å². The maximum absolute atomic E-state index is 8.85. The largest absolute Gasteiger partial charge is 0.396 e. The number of fused-ring (bicyclic) bond motifs is 1. The van der Waals surface area contributed by atoms with Crippen LogP contribution < -0.4 is 0 Å². The van der Waals surface area contributed by atoms with Gasteiger partial charge in [-0.3, -0.25) is 0 Å². The number of nitrogens with zero attached hydrogens (tertiary/aromatic N) is 3. The van der Waals surface area contributed by atoms with Crippen LogP contribution in [0, 0.1) is 18.8 Å². The molecular formula is C19H19N3O. The van der Waals surface area contributed by atoms with Crippen LogP contribution >= 0.6 is 0 Å². The molecule has 2 aromatic heterocycles. The number of imidazole rings is 1. The first-order valence-corrected chi connectivity index (χ1v) is 7.79. The van der Waals surface area contributed by atoms with E-state index in [2.05, 4.69) is 47.0 Å². The van der Waals surface area contributed by atoms with Gasteiger partial charge in [-0.25, -0.2) is 9.50 Å². The number of unbranched alkanes of at least 4 members (excludes halogenated alkanes) is 1. The van der Waals surface area contributed by atoms with E-state index in [4.69, 9.17) is 5.11 Å². The van der Waals surface area contributed by atoms with Crippen molar-refractivity contribution in [3.63, 3.8) is 0 Å². The standard InChI is InChI=1S/C19H19N3O/c1-15-13-16(5-2-3-12-23)7-8-17(15)9-10-18-14-20-19-6-4-11-21-22(18)19/h4,6-8,11,13-14,23H,2-3,5,12H2,1H3. The monoisotopic (exact) mass is 305 g/mol. The molecule has 0 bridgehead atoms. The predicted octanol–water partition coefficient (Wildman–Crippen LogP) is 2.75. The van der Waals surface area contributed by atoms with Crippen LogP contribution in [0.25, 0.3) is 5.65 Å². The Morgan fingerprint density at radius 2 is 2.09 bits per heavy atom. The van der Waals surface area contributed by atoms with Crippen molar-refractivity contribution in [2.75, 3.05) is 6.61 Å². The van der Waals surface area contributed by atoms with E-state index < -0.39 is 0 Å². The lowest BCUT2D eigenvalue weighted by molar-refractivity contribution is 0.284. The summed E-state index contributed by atoms with van der Waals surface area (Å²) in [5, 5.41) is 13.1. The Balaban J connectivity index is 1.81. The van der Waals surface area contributed by atoms with E-state index >= 15 is 0 Å². The molecule has 1 N–H and O–H groups in total. The van der Waals surface area contributed by atoms with Crippen LogP contribution in [0.15, 0.2) is 42.7 Å². The Morgan fingerprint density at radius 1 is 1.17 bits per heavy atom. The molecule has 0 fully saturated rings. The number of aryl methyl sites for hydroxylation is 2. The molecular weight excluding hydrogens is 286 g/mol. The van der Waals surface area contributed by atoms with Gasteiger partial charge in [0.05, 0.1) is 6.20 Å². The second-order valence-electron chi connectivity index (χ2n) is 5.52. The first-order chi connectivity index (χ1) is 11.3. The molecule has 0 aliphatic heterocycles. The molecule has 3 rings (SSSR count). The minimum absolute atomic E-state index is 0.260. The van der Waals surface area contributed by atoms with Gasteiger partial charge in [0.2, 0.25) is 0 Å². The number of hydrogen-bond acceptors (Lipinski definition) is 3. The third-order valence-corrected chi connectivity index (χ3v) is 3.77. The van der Waals surface area contributed by atoms with E-state index in [0.717, 1.165) is 36.2 Å². The van der Waals surface area contributed by atoms with E-state index in [-0.39, 0.29) is 6.61 Å². The molecule has 0 aliphatic carbocycles. The summed E-state index contributed by atoms with van der Waals surface area (Å²) in [5.41, 5.74) is 5.06. The fraction of sp³-hybridized carbons (Fsp3) is 0.263. The van der Waals surface area contributed by atoms with E-state index in [1.807, 2.05) is 12.1 Å². The minimum Gasteiger partial charge on any atom is -0.396 e. The summed E-state index contributed by atoms with van der Waals surface area (Å²) in [7, 11) is 0. The molecule has 2 heterocycles. The summed E-state index contributed by atoms with van der Waals surface area (Å²) in [6.07, 6.45) is 6.32. The van der Waals surface area contributed by atoms with Crippen LogP contribution in [0.3, 0.4) is 0 Å². The maximum Gasteiger partial charge on any atom is 0.154 e. The number of rotatable bonds is 4. The zero-order valence-corrected chi connectivity index (χ0v) is 13.2. The fourth-order valence-electron chi connectivity index (χ4n) is 2.51. The van der Waals surface area contributed by atoms with Gasteiger partial charge in [0.15, 0.2) is 5.65 Å². The molecule has 116 valence electrons. The molecule has 4 nitrogen and oxygen atoms in total. The lowest BCUT2D eigenvalue weighted by atomic mass is 10.0. The Kier molecular flexibility index (Phi) is 4.70. The van der Waals surface area contributed by atoms with Crippen LogP contribution in [0.1, 0.15) is 35.2 Å². The molecule has 0 saturated heterocycles. The SMILES string of the molecule is Cc1cc(CCCCO)ccc1C#Cc1cnc2cccnn12. The van der Waals surface area contributed by atoms with Crippen molar-refractivity contribution in [1.29, 1.82) is 0 Å². The maximum atomic E-state index is 8.85. The average Bonchev–Trinajstić information content (AvgIpc) is 2.98. The van der Waals surface area contributed by atoms with Crippen molar-refractivity contribution in [3.8, 4) is 11.8 Å². The van der Waals surface area contributed by atoms with Crippen molar-refractivity contribution in [3.05, 3.63) is 65.1 Å². The van der Waals surface area contributed by atoms with Gasteiger partial charge in [0.1, 0.15) is 5.69 Å². The number of aliphatic hydroxyl groups excluding tert-OH is 1. The van der Waals surface area contributed by atoms with Crippen molar-refractivity contribution in [2.45, 2.75) is 26.2 Å². The fourth-order valence-corrected chi connectivity index (χ4v) is 2.51. The van der Waals surface area contributed by atoms with Gasteiger partial charge >= 0.3 is 0 Å². The van der Waals surface area contributed by atoms with Crippen LogP contribution in [0.2, 0.25) is 0 Å². The smallest absolute Gasteiger partial charge is 0.154 e. The first kappa shape index (κ1) is 15.3. The lowest BCUT2D eigenvalue weighted by Gasteiger charge is -2.04. The van der Waals surface area contributed by atoms with Gasteiger partial charge in [0.25, 0.3) is 0 Å². The average molecular weight is 305 g/mol. The van der Waals surface area contributed by atoms with E-state index in [9.17, 15) is 0 Å². The molecule has 23 heavy (non-hydrogen) atoms. The van der Waals surface area contributed by atoms with Crippen molar-refractivity contribution in [1.82, 2.24) is 14.6 Å². The molecule has 4 heteroatoms. The van der Waals surface area contributed by atoms with Crippen molar-refractivity contribution < 1.29 is 5.11 Å². The number of hydrogen-bond donors (Lipinski definition) is 1. The molecule has 0 unspecified atom stereocenters. The third-order valence-electron chi connectivity index (χ3n) is 3.77. The van der Waals surface area contributed by atoms with E-state index in [1.54, 1.807) is 16.9 Å². The Hall–Kier alpha value is -2.64. The third kappa shape index (κ3) is 3.58. The van der Waals surface area contributed by atoms with Gasteiger partial charge in [-0.1, -0.05) is 18.1 Å². The molecule has 0 amide bonds.